The molecule has 0 radical (unpaired) electrons. The van der Waals surface area contributed by atoms with E-state index in [-0.39, 0.29) is 11.9 Å². The molecule has 18 heavy (non-hydrogen) atoms. The largest absolute Gasteiger partial charge is 0.357 e. The van der Waals surface area contributed by atoms with Gasteiger partial charge in [0.1, 0.15) is 5.69 Å². The quantitative estimate of drug-likeness (QED) is 0.868. The zero-order valence-electron chi connectivity index (χ0n) is 10.5. The Bertz CT molecular complexity index is 476. The third kappa shape index (κ3) is 3.00. The molecule has 0 aliphatic rings. The average molecular weight is 263 g/mol. The number of hydrogen-bond acceptors (Lipinski definition) is 3. The number of aromatic amines is 1. The highest BCUT2D eigenvalue weighted by Crippen LogP contribution is 2.22. The van der Waals surface area contributed by atoms with E-state index in [1.54, 1.807) is 23.6 Å². The number of amides is 1. The zero-order chi connectivity index (χ0) is 13.0. The van der Waals surface area contributed by atoms with Crippen molar-refractivity contribution in [1.82, 2.24) is 15.2 Å². The highest BCUT2D eigenvalue weighted by atomic mass is 32.1. The summed E-state index contributed by atoms with van der Waals surface area (Å²) in [6.45, 7) is 0.603. The van der Waals surface area contributed by atoms with E-state index in [1.807, 2.05) is 26.2 Å². The van der Waals surface area contributed by atoms with E-state index in [9.17, 15) is 4.79 Å². The minimum Gasteiger partial charge on any atom is -0.357 e. The molecule has 96 valence electrons. The van der Waals surface area contributed by atoms with E-state index in [2.05, 4.69) is 26.6 Å². The molecule has 0 spiro atoms. The second kappa shape index (κ2) is 5.84. The number of nitrogens with one attached hydrogen (secondary N) is 2. The van der Waals surface area contributed by atoms with Gasteiger partial charge in [-0.1, -0.05) is 6.07 Å². The van der Waals surface area contributed by atoms with Gasteiger partial charge < -0.3 is 15.2 Å². The van der Waals surface area contributed by atoms with Crippen molar-refractivity contribution in [2.24, 2.45) is 0 Å². The normalized spacial score (nSPS) is 12.6. The van der Waals surface area contributed by atoms with Gasteiger partial charge in [0.15, 0.2) is 0 Å². The van der Waals surface area contributed by atoms with Gasteiger partial charge in [0.25, 0.3) is 5.91 Å². The predicted octanol–water partition coefficient (Wildman–Crippen LogP) is 2.11. The highest BCUT2D eigenvalue weighted by Gasteiger charge is 2.16. The highest BCUT2D eigenvalue weighted by molar-refractivity contribution is 7.10. The Balaban J connectivity index is 1.97. The van der Waals surface area contributed by atoms with Crippen LogP contribution < -0.4 is 5.32 Å². The van der Waals surface area contributed by atoms with Gasteiger partial charge in [-0.3, -0.25) is 4.79 Å². The summed E-state index contributed by atoms with van der Waals surface area (Å²) in [5, 5.41) is 5.00. The van der Waals surface area contributed by atoms with E-state index in [0.29, 0.717) is 12.2 Å². The maximum absolute atomic E-state index is 11.8. The fraction of sp³-hybridized carbons (Fsp3) is 0.308. The van der Waals surface area contributed by atoms with Crippen LogP contribution in [-0.4, -0.2) is 36.4 Å². The molecule has 1 unspecified atom stereocenters. The van der Waals surface area contributed by atoms with Crippen molar-refractivity contribution in [3.8, 4) is 0 Å². The molecule has 0 aromatic carbocycles. The van der Waals surface area contributed by atoms with Crippen LogP contribution in [0.2, 0.25) is 0 Å². The van der Waals surface area contributed by atoms with Crippen molar-refractivity contribution in [2.75, 3.05) is 20.6 Å². The van der Waals surface area contributed by atoms with Crippen LogP contribution in [0.15, 0.2) is 35.8 Å². The van der Waals surface area contributed by atoms with Crippen molar-refractivity contribution >= 4 is 17.2 Å². The second-order valence-electron chi connectivity index (χ2n) is 4.29. The van der Waals surface area contributed by atoms with Crippen molar-refractivity contribution < 1.29 is 4.79 Å². The summed E-state index contributed by atoms with van der Waals surface area (Å²) in [4.78, 5) is 18.1. The molecular formula is C13H17N3OS. The summed E-state index contributed by atoms with van der Waals surface area (Å²) in [6, 6.07) is 7.92. The van der Waals surface area contributed by atoms with E-state index >= 15 is 0 Å². The van der Waals surface area contributed by atoms with Crippen LogP contribution in [0, 0.1) is 0 Å². The zero-order valence-corrected chi connectivity index (χ0v) is 11.3. The predicted molar refractivity (Wildman–Crippen MR) is 73.9 cm³/mol. The number of thiophene rings is 1. The number of nitrogens with zero attached hydrogens (tertiary/aromatic N) is 1. The first-order valence-corrected chi connectivity index (χ1v) is 6.68. The lowest BCUT2D eigenvalue weighted by Gasteiger charge is -2.23. The monoisotopic (exact) mass is 263 g/mol. The summed E-state index contributed by atoms with van der Waals surface area (Å²) < 4.78 is 0. The third-order valence-corrected chi connectivity index (χ3v) is 3.77. The van der Waals surface area contributed by atoms with Gasteiger partial charge in [0, 0.05) is 17.6 Å². The molecule has 0 bridgehead atoms. The van der Waals surface area contributed by atoms with Crippen LogP contribution in [0.25, 0.3) is 0 Å². The Kier molecular flexibility index (Phi) is 4.17. The number of rotatable bonds is 5. The Morgan fingerprint density at radius 1 is 1.44 bits per heavy atom. The first-order valence-electron chi connectivity index (χ1n) is 5.80. The smallest absolute Gasteiger partial charge is 0.267 e. The maximum atomic E-state index is 11.8. The number of H-pyrrole nitrogens is 1. The van der Waals surface area contributed by atoms with Gasteiger partial charge >= 0.3 is 0 Å². The van der Waals surface area contributed by atoms with Gasteiger partial charge in [0.2, 0.25) is 0 Å². The van der Waals surface area contributed by atoms with Crippen LogP contribution in [0.1, 0.15) is 21.4 Å². The Labute approximate surface area is 111 Å². The molecule has 2 aromatic rings. The standard InChI is InChI=1S/C13H17N3OS/c1-16(2)11(12-6-4-8-18-12)9-15-13(17)10-5-3-7-14-10/h3-8,11,14H,9H2,1-2H3,(H,15,17). The molecule has 2 N–H and O–H groups in total. The summed E-state index contributed by atoms with van der Waals surface area (Å²) in [5.74, 6) is -0.0663. The minimum absolute atomic E-state index is 0.0663. The summed E-state index contributed by atoms with van der Waals surface area (Å²) >= 11 is 1.71. The number of carbonyl (C=O) groups excluding carboxylic acids is 1. The van der Waals surface area contributed by atoms with Gasteiger partial charge in [0.05, 0.1) is 6.04 Å². The SMILES string of the molecule is CN(C)C(CNC(=O)c1ccc[nH]1)c1cccs1. The number of likely N-dealkylation sites (N-methyl/N-ethyl adjacent to an activating group) is 1. The Morgan fingerprint density at radius 3 is 2.83 bits per heavy atom. The summed E-state index contributed by atoms with van der Waals surface area (Å²) in [5.41, 5.74) is 0.596. The fourth-order valence-electron chi connectivity index (χ4n) is 1.77. The average Bonchev–Trinajstić information content (AvgIpc) is 3.01. The third-order valence-electron chi connectivity index (χ3n) is 2.79. The lowest BCUT2D eigenvalue weighted by atomic mass is 10.2. The molecule has 0 saturated carbocycles. The molecule has 0 aliphatic carbocycles. The molecular weight excluding hydrogens is 246 g/mol. The molecule has 2 rings (SSSR count). The van der Waals surface area contributed by atoms with Gasteiger partial charge in [-0.25, -0.2) is 0 Å². The number of hydrogen-bond donors (Lipinski definition) is 2. The van der Waals surface area contributed by atoms with E-state index in [0.717, 1.165) is 0 Å². The summed E-state index contributed by atoms with van der Waals surface area (Å²) in [7, 11) is 4.04. The Morgan fingerprint density at radius 2 is 2.28 bits per heavy atom. The topological polar surface area (TPSA) is 48.1 Å². The lowest BCUT2D eigenvalue weighted by molar-refractivity contribution is 0.0938. The van der Waals surface area contributed by atoms with Crippen molar-refractivity contribution in [1.29, 1.82) is 0 Å². The lowest BCUT2D eigenvalue weighted by Crippen LogP contribution is -2.34. The van der Waals surface area contributed by atoms with Crippen molar-refractivity contribution in [3.05, 3.63) is 46.4 Å². The number of aromatic nitrogens is 1. The molecule has 2 aromatic heterocycles. The van der Waals surface area contributed by atoms with E-state index < -0.39 is 0 Å². The molecule has 2 heterocycles. The molecule has 1 atom stereocenters. The van der Waals surface area contributed by atoms with E-state index in [4.69, 9.17) is 0 Å². The van der Waals surface area contributed by atoms with Crippen LogP contribution in [0.4, 0.5) is 0 Å². The second-order valence-corrected chi connectivity index (χ2v) is 5.27. The van der Waals surface area contributed by atoms with Gasteiger partial charge in [-0.15, -0.1) is 11.3 Å². The molecule has 0 fully saturated rings. The molecule has 0 aliphatic heterocycles. The Hall–Kier alpha value is -1.59. The van der Waals surface area contributed by atoms with Crippen LogP contribution in [0.5, 0.6) is 0 Å². The maximum Gasteiger partial charge on any atom is 0.267 e. The first-order chi connectivity index (χ1) is 8.68. The first kappa shape index (κ1) is 12.9. The van der Waals surface area contributed by atoms with E-state index in [1.165, 1.54) is 4.88 Å². The van der Waals surface area contributed by atoms with Crippen LogP contribution in [-0.2, 0) is 0 Å². The minimum atomic E-state index is -0.0663. The van der Waals surface area contributed by atoms with Crippen molar-refractivity contribution in [3.63, 3.8) is 0 Å². The van der Waals surface area contributed by atoms with Crippen LogP contribution in [0.3, 0.4) is 0 Å². The molecule has 1 amide bonds. The fourth-order valence-corrected chi connectivity index (χ4v) is 2.70. The van der Waals surface area contributed by atoms with Crippen molar-refractivity contribution in [2.45, 2.75) is 6.04 Å². The van der Waals surface area contributed by atoms with Gasteiger partial charge in [-0.2, -0.15) is 0 Å². The molecule has 4 nitrogen and oxygen atoms in total. The molecule has 0 saturated heterocycles. The van der Waals surface area contributed by atoms with Crippen LogP contribution >= 0.6 is 11.3 Å². The summed E-state index contributed by atoms with van der Waals surface area (Å²) in [6.07, 6.45) is 1.75. The number of carbonyl (C=O) groups is 1. The van der Waals surface area contributed by atoms with Gasteiger partial charge in [-0.05, 0) is 37.7 Å². The molecule has 5 heteroatoms.